The number of thiophene rings is 1. The summed E-state index contributed by atoms with van der Waals surface area (Å²) in [6, 6.07) is 11.4. The van der Waals surface area contributed by atoms with Crippen LogP contribution in [-0.4, -0.2) is 33.6 Å². The lowest BCUT2D eigenvalue weighted by Gasteiger charge is -2.12. The Hall–Kier alpha value is -2.42. The molecule has 0 saturated heterocycles. The number of nitrogens with one attached hydrogen (secondary N) is 2. The van der Waals surface area contributed by atoms with Crippen LogP contribution in [0.1, 0.15) is 23.2 Å². The molecule has 30 heavy (non-hydrogen) atoms. The molecular formula is C21H19BrClN5OS. The molecule has 0 radical (unpaired) electrons. The second-order valence-corrected chi connectivity index (χ2v) is 8.68. The third-order valence-corrected chi connectivity index (χ3v) is 6.13. The third-order valence-electron chi connectivity index (χ3n) is 4.56. The topological polar surface area (TPSA) is 71.3 Å². The van der Waals surface area contributed by atoms with Crippen LogP contribution in [0.5, 0.6) is 0 Å². The number of unbranched alkanes of at least 4 members (excludes halogenated alkanes) is 1. The summed E-state index contributed by atoms with van der Waals surface area (Å²) in [4.78, 5) is 16.7. The lowest BCUT2D eigenvalue weighted by Crippen LogP contribution is -2.24. The van der Waals surface area contributed by atoms with Gasteiger partial charge < -0.3 is 10.6 Å². The Balaban J connectivity index is 1.40. The van der Waals surface area contributed by atoms with Gasteiger partial charge in [0.25, 0.3) is 5.91 Å². The van der Waals surface area contributed by atoms with Gasteiger partial charge in [0.15, 0.2) is 5.65 Å². The van der Waals surface area contributed by atoms with Gasteiger partial charge >= 0.3 is 0 Å². The number of hydrogen-bond acceptors (Lipinski definition) is 5. The Morgan fingerprint density at radius 3 is 2.83 bits per heavy atom. The lowest BCUT2D eigenvalue weighted by atomic mass is 10.1. The zero-order valence-electron chi connectivity index (χ0n) is 15.9. The number of carbonyl (C=O) groups excluding carboxylic acids is 1. The molecule has 6 nitrogen and oxygen atoms in total. The largest absolute Gasteiger partial charge is 0.370 e. The van der Waals surface area contributed by atoms with Gasteiger partial charge in [0.05, 0.1) is 16.4 Å². The van der Waals surface area contributed by atoms with Crippen LogP contribution in [0.2, 0.25) is 5.02 Å². The van der Waals surface area contributed by atoms with Crippen molar-refractivity contribution in [2.75, 3.05) is 18.4 Å². The van der Waals surface area contributed by atoms with Crippen molar-refractivity contribution in [1.82, 2.24) is 19.9 Å². The number of carbonyl (C=O) groups is 1. The average Bonchev–Trinajstić information content (AvgIpc) is 3.41. The summed E-state index contributed by atoms with van der Waals surface area (Å²) in [7, 11) is 0. The van der Waals surface area contributed by atoms with Crippen molar-refractivity contribution in [3.05, 3.63) is 68.4 Å². The molecule has 4 rings (SSSR count). The van der Waals surface area contributed by atoms with E-state index in [2.05, 4.69) is 31.7 Å². The summed E-state index contributed by atoms with van der Waals surface area (Å²) in [6.07, 6.45) is 3.50. The maximum atomic E-state index is 12.0. The molecule has 0 aliphatic heterocycles. The molecule has 3 aromatic heterocycles. The van der Waals surface area contributed by atoms with Gasteiger partial charge in [-0.25, -0.2) is 4.98 Å². The zero-order valence-corrected chi connectivity index (χ0v) is 19.1. The van der Waals surface area contributed by atoms with Crippen LogP contribution in [0.25, 0.3) is 16.9 Å². The highest BCUT2D eigenvalue weighted by Crippen LogP contribution is 2.30. The highest BCUT2D eigenvalue weighted by atomic mass is 79.9. The molecule has 0 bridgehead atoms. The van der Waals surface area contributed by atoms with Crippen LogP contribution < -0.4 is 10.6 Å². The van der Waals surface area contributed by atoms with Crippen molar-refractivity contribution in [2.24, 2.45) is 0 Å². The standard InChI is InChI=1S/C21H19BrClN5OS/c22-16-12-26-28-19(11-18(27-20(16)28)15-5-1-2-6-17(15)23)24-8-3-4-9-25-21(29)14-7-10-30-13-14/h1-2,5-7,10-13,24H,3-4,8-9H2,(H,25,29). The van der Waals surface area contributed by atoms with Crippen molar-refractivity contribution >= 4 is 56.2 Å². The number of amides is 1. The van der Waals surface area contributed by atoms with Crippen molar-refractivity contribution in [2.45, 2.75) is 12.8 Å². The molecule has 4 aromatic rings. The van der Waals surface area contributed by atoms with Crippen molar-refractivity contribution in [3.63, 3.8) is 0 Å². The van der Waals surface area contributed by atoms with Crippen molar-refractivity contribution in [3.8, 4) is 11.3 Å². The van der Waals surface area contributed by atoms with Crippen LogP contribution in [0.4, 0.5) is 5.82 Å². The first-order valence-electron chi connectivity index (χ1n) is 9.47. The van der Waals surface area contributed by atoms with Gasteiger partial charge in [-0.3, -0.25) is 4.79 Å². The summed E-state index contributed by atoms with van der Waals surface area (Å²) in [5.74, 6) is 0.814. The highest BCUT2D eigenvalue weighted by Gasteiger charge is 2.13. The molecule has 0 unspecified atom stereocenters. The highest BCUT2D eigenvalue weighted by molar-refractivity contribution is 9.10. The summed E-state index contributed by atoms with van der Waals surface area (Å²) < 4.78 is 2.58. The van der Waals surface area contributed by atoms with E-state index in [1.54, 1.807) is 10.7 Å². The number of benzene rings is 1. The van der Waals surface area contributed by atoms with Crippen LogP contribution in [0.3, 0.4) is 0 Å². The van der Waals surface area contributed by atoms with Gasteiger partial charge in [0.2, 0.25) is 0 Å². The number of nitrogens with zero attached hydrogens (tertiary/aromatic N) is 3. The maximum Gasteiger partial charge on any atom is 0.252 e. The molecule has 154 valence electrons. The molecule has 1 aromatic carbocycles. The first kappa shape index (κ1) is 20.8. The van der Waals surface area contributed by atoms with Gasteiger partial charge in [-0.1, -0.05) is 29.8 Å². The predicted octanol–water partition coefficient (Wildman–Crippen LogP) is 5.50. The van der Waals surface area contributed by atoms with E-state index in [1.165, 1.54) is 11.3 Å². The Kier molecular flexibility index (Phi) is 6.66. The van der Waals surface area contributed by atoms with E-state index in [-0.39, 0.29) is 5.91 Å². The van der Waals surface area contributed by atoms with Gasteiger partial charge in [0.1, 0.15) is 5.82 Å². The van der Waals surface area contributed by atoms with Crippen LogP contribution >= 0.6 is 38.9 Å². The molecule has 2 N–H and O–H groups in total. The lowest BCUT2D eigenvalue weighted by molar-refractivity contribution is 0.0953. The molecule has 1 amide bonds. The quantitative estimate of drug-likeness (QED) is 0.311. The van der Waals surface area contributed by atoms with E-state index >= 15 is 0 Å². The predicted molar refractivity (Wildman–Crippen MR) is 126 cm³/mol. The fraction of sp³-hybridized carbons (Fsp3) is 0.190. The SMILES string of the molecule is O=C(NCCCCNc1cc(-c2ccccc2Cl)nc2c(Br)cnn12)c1ccsc1. The van der Waals surface area contributed by atoms with Crippen molar-refractivity contribution in [1.29, 1.82) is 0 Å². The first-order chi connectivity index (χ1) is 14.6. The van der Waals surface area contributed by atoms with Crippen molar-refractivity contribution < 1.29 is 4.79 Å². The number of anilines is 1. The smallest absolute Gasteiger partial charge is 0.252 e. The van der Waals surface area contributed by atoms with Gasteiger partial charge in [-0.05, 0) is 46.3 Å². The summed E-state index contributed by atoms with van der Waals surface area (Å²) in [6.45, 7) is 1.38. The molecule has 9 heteroatoms. The second kappa shape index (κ2) is 9.59. The summed E-state index contributed by atoms with van der Waals surface area (Å²) in [5.41, 5.74) is 3.08. The monoisotopic (exact) mass is 503 g/mol. The Morgan fingerprint density at radius 2 is 2.03 bits per heavy atom. The summed E-state index contributed by atoms with van der Waals surface area (Å²) >= 11 is 11.4. The molecular weight excluding hydrogens is 486 g/mol. The normalized spacial score (nSPS) is 11.0. The van der Waals surface area contributed by atoms with E-state index in [0.717, 1.165) is 46.6 Å². The number of halogens is 2. The fourth-order valence-corrected chi connectivity index (χ4v) is 4.25. The van der Waals surface area contributed by atoms with Gasteiger partial charge in [-0.2, -0.15) is 21.0 Å². The fourth-order valence-electron chi connectivity index (χ4n) is 3.03. The second-order valence-electron chi connectivity index (χ2n) is 6.64. The minimum absolute atomic E-state index is 0.0224. The van der Waals surface area contributed by atoms with Crippen LogP contribution in [0, 0.1) is 0 Å². The Morgan fingerprint density at radius 1 is 1.20 bits per heavy atom. The number of hydrogen-bond donors (Lipinski definition) is 2. The maximum absolute atomic E-state index is 12.0. The van der Waals surface area contributed by atoms with E-state index in [9.17, 15) is 4.79 Å². The Bertz CT molecular complexity index is 1160. The van der Waals surface area contributed by atoms with Crippen LogP contribution in [-0.2, 0) is 0 Å². The third kappa shape index (κ3) is 4.66. The van der Waals surface area contributed by atoms with Crippen LogP contribution in [0.15, 0.2) is 57.8 Å². The first-order valence-corrected chi connectivity index (χ1v) is 11.6. The minimum atomic E-state index is -0.0224. The Labute approximate surface area is 191 Å². The van der Waals surface area contributed by atoms with Gasteiger partial charge in [-0.15, -0.1) is 0 Å². The molecule has 0 spiro atoms. The van der Waals surface area contributed by atoms with E-state index < -0.39 is 0 Å². The minimum Gasteiger partial charge on any atom is -0.370 e. The molecule has 0 aliphatic carbocycles. The summed E-state index contributed by atoms with van der Waals surface area (Å²) in [5, 5.41) is 15.2. The molecule has 0 saturated carbocycles. The zero-order chi connectivity index (χ0) is 20.9. The van der Waals surface area contributed by atoms with E-state index in [1.807, 2.05) is 47.2 Å². The number of fused-ring (bicyclic) bond motifs is 1. The molecule has 0 aliphatic rings. The molecule has 0 fully saturated rings. The molecule has 3 heterocycles. The number of rotatable bonds is 8. The van der Waals surface area contributed by atoms with Gasteiger partial charge in [0, 0.05) is 40.7 Å². The number of aromatic nitrogens is 3. The van der Waals surface area contributed by atoms with E-state index in [0.29, 0.717) is 17.1 Å². The average molecular weight is 505 g/mol. The molecule has 0 atom stereocenters. The van der Waals surface area contributed by atoms with E-state index in [4.69, 9.17) is 16.6 Å².